The van der Waals surface area contributed by atoms with Gasteiger partial charge in [0.1, 0.15) is 10.8 Å². The van der Waals surface area contributed by atoms with E-state index >= 15 is 0 Å². The molecule has 0 amide bonds. The summed E-state index contributed by atoms with van der Waals surface area (Å²) in [5.74, 6) is -1.67. The minimum absolute atomic E-state index is 0.00644. The van der Waals surface area contributed by atoms with Gasteiger partial charge in [0, 0.05) is 50.6 Å². The Labute approximate surface area is 162 Å². The van der Waals surface area contributed by atoms with Gasteiger partial charge >= 0.3 is 0 Å². The van der Waals surface area contributed by atoms with Gasteiger partial charge in [-0.05, 0) is 25.0 Å². The molecule has 0 spiro atoms. The average molecular weight is 394 g/mol. The first-order chi connectivity index (χ1) is 13.0. The summed E-state index contributed by atoms with van der Waals surface area (Å²) >= 11 is 1.58. The molecule has 146 valence electrons. The zero-order chi connectivity index (χ0) is 18.9. The van der Waals surface area contributed by atoms with E-state index in [0.717, 1.165) is 47.4 Å². The van der Waals surface area contributed by atoms with Crippen molar-refractivity contribution in [3.8, 4) is 16.3 Å². The van der Waals surface area contributed by atoms with Crippen LogP contribution in [0.3, 0.4) is 0 Å². The molecule has 0 unspecified atom stereocenters. The van der Waals surface area contributed by atoms with Crippen molar-refractivity contribution in [3.63, 3.8) is 0 Å². The highest BCUT2D eigenvalue weighted by molar-refractivity contribution is 7.18. The highest BCUT2D eigenvalue weighted by Gasteiger charge is 2.37. The van der Waals surface area contributed by atoms with Gasteiger partial charge in [0.2, 0.25) is 5.13 Å². The van der Waals surface area contributed by atoms with Crippen LogP contribution in [0.5, 0.6) is 5.75 Å². The van der Waals surface area contributed by atoms with Gasteiger partial charge in [0.05, 0.1) is 7.11 Å². The number of anilines is 1. The fourth-order valence-electron chi connectivity index (χ4n) is 3.85. The largest absolute Gasteiger partial charge is 0.497 e. The zero-order valence-electron chi connectivity index (χ0n) is 15.4. The van der Waals surface area contributed by atoms with Crippen LogP contribution in [0.2, 0.25) is 0 Å². The fraction of sp³-hybridized carbons (Fsp3) is 0.579. The number of nitrogens with zero attached hydrogens (tertiary/aromatic N) is 4. The second kappa shape index (κ2) is 7.67. The van der Waals surface area contributed by atoms with Crippen LogP contribution in [0.4, 0.5) is 13.9 Å². The highest BCUT2D eigenvalue weighted by atomic mass is 32.1. The number of aromatic nitrogens is 2. The van der Waals surface area contributed by atoms with Crippen LogP contribution < -0.4 is 9.64 Å². The maximum Gasteiger partial charge on any atom is 0.250 e. The molecule has 27 heavy (non-hydrogen) atoms. The Morgan fingerprint density at radius 3 is 2.56 bits per heavy atom. The molecule has 0 N–H and O–H groups in total. The monoisotopic (exact) mass is 394 g/mol. The third kappa shape index (κ3) is 4.21. The summed E-state index contributed by atoms with van der Waals surface area (Å²) in [6, 6.07) is 8.23. The molecule has 2 aliphatic rings. The summed E-state index contributed by atoms with van der Waals surface area (Å²) in [5, 5.41) is 10.5. The third-order valence-electron chi connectivity index (χ3n) is 5.51. The standard InChI is InChI=1S/C19H24F2N4OS/c1-26-16-4-2-3-14(13-16)17-22-23-18(27-17)25-9-5-15(6-10-25)24-11-7-19(20,21)8-12-24/h2-4,13,15H,5-12H2,1H3. The lowest BCUT2D eigenvalue weighted by atomic mass is 9.99. The summed E-state index contributed by atoms with van der Waals surface area (Å²) < 4.78 is 32.0. The van der Waals surface area contributed by atoms with Gasteiger partial charge in [-0.1, -0.05) is 23.5 Å². The predicted molar refractivity (Wildman–Crippen MR) is 103 cm³/mol. The maximum absolute atomic E-state index is 13.4. The molecule has 0 saturated carbocycles. The maximum atomic E-state index is 13.4. The highest BCUT2D eigenvalue weighted by Crippen LogP contribution is 2.34. The molecule has 1 aromatic carbocycles. The van der Waals surface area contributed by atoms with Crippen molar-refractivity contribution >= 4 is 16.5 Å². The first-order valence-corrected chi connectivity index (χ1v) is 10.2. The zero-order valence-corrected chi connectivity index (χ0v) is 16.2. The summed E-state index contributed by atoms with van der Waals surface area (Å²) in [5.41, 5.74) is 1.00. The van der Waals surface area contributed by atoms with Crippen LogP contribution in [-0.4, -0.2) is 60.4 Å². The van der Waals surface area contributed by atoms with Gasteiger partial charge in [-0.25, -0.2) is 8.78 Å². The minimum atomic E-state index is -2.47. The number of piperidine rings is 2. The molecule has 2 saturated heterocycles. The number of benzene rings is 1. The predicted octanol–water partition coefficient (Wildman–Crippen LogP) is 3.91. The first-order valence-electron chi connectivity index (χ1n) is 9.39. The van der Waals surface area contributed by atoms with Gasteiger partial charge in [-0.3, -0.25) is 4.90 Å². The Morgan fingerprint density at radius 1 is 1.11 bits per heavy atom. The smallest absolute Gasteiger partial charge is 0.250 e. The van der Waals surface area contributed by atoms with E-state index in [1.54, 1.807) is 18.4 Å². The summed E-state index contributed by atoms with van der Waals surface area (Å²) in [4.78, 5) is 4.51. The summed E-state index contributed by atoms with van der Waals surface area (Å²) in [6.45, 7) is 2.81. The SMILES string of the molecule is COc1cccc(-c2nnc(N3CCC(N4CCC(F)(F)CC4)CC3)s2)c1. The number of hydrogen-bond donors (Lipinski definition) is 0. The number of halogens is 2. The molecule has 2 aromatic rings. The number of methoxy groups -OCH3 is 1. The summed E-state index contributed by atoms with van der Waals surface area (Å²) in [6.07, 6.45) is 1.96. The van der Waals surface area contributed by atoms with E-state index in [4.69, 9.17) is 4.74 Å². The Balaban J connectivity index is 1.36. The third-order valence-corrected chi connectivity index (χ3v) is 6.55. The van der Waals surface area contributed by atoms with Crippen molar-refractivity contribution in [2.75, 3.05) is 38.2 Å². The van der Waals surface area contributed by atoms with Crippen molar-refractivity contribution in [1.29, 1.82) is 0 Å². The van der Waals surface area contributed by atoms with Gasteiger partial charge in [-0.2, -0.15) is 0 Å². The van der Waals surface area contributed by atoms with Crippen molar-refractivity contribution < 1.29 is 13.5 Å². The van der Waals surface area contributed by atoms with E-state index in [-0.39, 0.29) is 12.8 Å². The molecule has 5 nitrogen and oxygen atoms in total. The molecular formula is C19H24F2N4OS. The van der Waals surface area contributed by atoms with Crippen LogP contribution in [0.25, 0.3) is 10.6 Å². The van der Waals surface area contributed by atoms with Crippen LogP contribution in [-0.2, 0) is 0 Å². The second-order valence-electron chi connectivity index (χ2n) is 7.23. The molecule has 4 rings (SSSR count). The Kier molecular flexibility index (Phi) is 5.27. The molecule has 0 aliphatic carbocycles. The number of hydrogen-bond acceptors (Lipinski definition) is 6. The van der Waals surface area contributed by atoms with E-state index < -0.39 is 5.92 Å². The normalized spacial score (nSPS) is 21.4. The number of likely N-dealkylation sites (tertiary alicyclic amines) is 1. The van der Waals surface area contributed by atoms with Gasteiger partial charge in [-0.15, -0.1) is 10.2 Å². The lowest BCUT2D eigenvalue weighted by Gasteiger charge is -2.41. The molecule has 2 fully saturated rings. The van der Waals surface area contributed by atoms with Gasteiger partial charge in [0.15, 0.2) is 0 Å². The topological polar surface area (TPSA) is 41.5 Å². The van der Waals surface area contributed by atoms with Crippen LogP contribution >= 0.6 is 11.3 Å². The quantitative estimate of drug-likeness (QED) is 0.786. The van der Waals surface area contributed by atoms with Crippen molar-refractivity contribution in [1.82, 2.24) is 15.1 Å². The average Bonchev–Trinajstić information content (AvgIpc) is 3.18. The molecule has 0 bridgehead atoms. The molecule has 3 heterocycles. The van der Waals surface area contributed by atoms with Crippen molar-refractivity contribution in [3.05, 3.63) is 24.3 Å². The Hall–Kier alpha value is -1.80. The lowest BCUT2D eigenvalue weighted by Crippen LogP contribution is -2.49. The Morgan fingerprint density at radius 2 is 1.85 bits per heavy atom. The van der Waals surface area contributed by atoms with E-state index in [2.05, 4.69) is 20.0 Å². The molecule has 0 atom stereocenters. The molecule has 8 heteroatoms. The van der Waals surface area contributed by atoms with E-state index in [9.17, 15) is 8.78 Å². The molecular weight excluding hydrogens is 370 g/mol. The van der Waals surface area contributed by atoms with Crippen molar-refractivity contribution in [2.24, 2.45) is 0 Å². The van der Waals surface area contributed by atoms with Crippen LogP contribution in [0.15, 0.2) is 24.3 Å². The number of alkyl halides is 2. The van der Waals surface area contributed by atoms with E-state index in [0.29, 0.717) is 19.1 Å². The van der Waals surface area contributed by atoms with Crippen molar-refractivity contribution in [2.45, 2.75) is 37.6 Å². The van der Waals surface area contributed by atoms with E-state index in [1.165, 1.54) is 0 Å². The number of ether oxygens (including phenoxy) is 1. The second-order valence-corrected chi connectivity index (χ2v) is 8.19. The number of rotatable bonds is 4. The first kappa shape index (κ1) is 18.6. The Bertz CT molecular complexity index is 767. The fourth-order valence-corrected chi connectivity index (χ4v) is 4.75. The van der Waals surface area contributed by atoms with Crippen LogP contribution in [0.1, 0.15) is 25.7 Å². The minimum Gasteiger partial charge on any atom is -0.497 e. The molecule has 1 aromatic heterocycles. The van der Waals surface area contributed by atoms with Gasteiger partial charge in [0.25, 0.3) is 5.92 Å². The van der Waals surface area contributed by atoms with Gasteiger partial charge < -0.3 is 9.64 Å². The summed E-state index contributed by atoms with van der Waals surface area (Å²) in [7, 11) is 1.65. The van der Waals surface area contributed by atoms with Crippen LogP contribution in [0, 0.1) is 0 Å². The van der Waals surface area contributed by atoms with E-state index in [1.807, 2.05) is 24.3 Å². The lowest BCUT2D eigenvalue weighted by molar-refractivity contribution is -0.0646. The molecule has 0 radical (unpaired) electrons. The molecule has 2 aliphatic heterocycles.